The van der Waals surface area contributed by atoms with E-state index in [0.29, 0.717) is 12.1 Å². The fraction of sp³-hybridized carbons (Fsp3) is 0.364. The minimum absolute atomic E-state index is 0.0235. The van der Waals surface area contributed by atoms with Crippen molar-refractivity contribution in [3.63, 3.8) is 0 Å². The third-order valence-corrected chi connectivity index (χ3v) is 5.69. The zero-order valence-corrected chi connectivity index (χ0v) is 19.0. The molecule has 3 rings (SSSR count). The van der Waals surface area contributed by atoms with Crippen LogP contribution in [0.1, 0.15) is 28.3 Å². The topological polar surface area (TPSA) is 56.4 Å². The molecule has 1 aliphatic rings. The summed E-state index contributed by atoms with van der Waals surface area (Å²) in [4.78, 5) is 14.5. The lowest BCUT2D eigenvalue weighted by molar-refractivity contribution is -0.143. The number of hydrogen-bond acceptors (Lipinski definition) is 3. The van der Waals surface area contributed by atoms with Gasteiger partial charge in [-0.3, -0.25) is 4.79 Å². The van der Waals surface area contributed by atoms with E-state index >= 15 is 0 Å². The van der Waals surface area contributed by atoms with Crippen LogP contribution >= 0.6 is 12.2 Å². The second-order valence-corrected chi connectivity index (χ2v) is 8.49. The molecular formula is C22H22F6N4OS. The molecule has 0 spiro atoms. The molecule has 0 aliphatic heterocycles. The number of thiocarbonyl (C=S) groups is 1. The summed E-state index contributed by atoms with van der Waals surface area (Å²) in [6.45, 7) is -0.324. The molecule has 0 saturated heterocycles. The fourth-order valence-electron chi connectivity index (χ4n) is 3.82. The van der Waals surface area contributed by atoms with Gasteiger partial charge in [0.2, 0.25) is 5.91 Å². The van der Waals surface area contributed by atoms with Gasteiger partial charge in [0, 0.05) is 11.7 Å². The molecule has 1 amide bonds. The number of benzene rings is 2. The number of rotatable bonds is 5. The van der Waals surface area contributed by atoms with E-state index in [9.17, 15) is 31.1 Å². The molecule has 2 atom stereocenters. The van der Waals surface area contributed by atoms with E-state index in [1.807, 2.05) is 43.3 Å². The molecule has 0 saturated carbocycles. The van der Waals surface area contributed by atoms with Crippen LogP contribution in [0, 0.1) is 0 Å². The van der Waals surface area contributed by atoms with Crippen LogP contribution in [0.3, 0.4) is 0 Å². The zero-order chi connectivity index (χ0) is 25.3. The predicted molar refractivity (Wildman–Crippen MR) is 119 cm³/mol. The Balaban J connectivity index is 1.65. The van der Waals surface area contributed by atoms with E-state index in [1.54, 1.807) is 0 Å². The summed E-state index contributed by atoms with van der Waals surface area (Å²) in [5.41, 5.74) is -1.35. The molecule has 0 fully saturated rings. The highest BCUT2D eigenvalue weighted by Crippen LogP contribution is 2.37. The number of fused-ring (bicyclic) bond motifs is 1. The minimum Gasteiger partial charge on any atom is -0.353 e. The quantitative estimate of drug-likeness (QED) is 0.418. The smallest absolute Gasteiger partial charge is 0.353 e. The Morgan fingerprint density at radius 1 is 1.03 bits per heavy atom. The second kappa shape index (κ2) is 9.79. The third-order valence-electron chi connectivity index (χ3n) is 5.44. The molecule has 0 radical (unpaired) electrons. The van der Waals surface area contributed by atoms with Crippen molar-refractivity contribution in [3.8, 4) is 0 Å². The van der Waals surface area contributed by atoms with Gasteiger partial charge in [-0.1, -0.05) is 24.3 Å². The monoisotopic (exact) mass is 504 g/mol. The molecule has 0 unspecified atom stereocenters. The van der Waals surface area contributed by atoms with Crippen LogP contribution in [0.25, 0.3) is 0 Å². The second-order valence-electron chi connectivity index (χ2n) is 8.08. The minimum atomic E-state index is -4.98. The first-order valence-corrected chi connectivity index (χ1v) is 10.5. The molecular weight excluding hydrogens is 482 g/mol. The first-order valence-electron chi connectivity index (χ1n) is 10.1. The number of hydrogen-bond donors (Lipinski definition) is 3. The third kappa shape index (κ3) is 6.17. The summed E-state index contributed by atoms with van der Waals surface area (Å²) in [6.07, 6.45) is -9.21. The van der Waals surface area contributed by atoms with E-state index in [4.69, 9.17) is 12.2 Å². The molecule has 2 aromatic rings. The summed E-state index contributed by atoms with van der Waals surface area (Å²) in [5.74, 6) is -0.433. The Hall–Kier alpha value is -2.86. The predicted octanol–water partition coefficient (Wildman–Crippen LogP) is 4.35. The number of carbonyl (C=O) groups is 1. The van der Waals surface area contributed by atoms with E-state index in [2.05, 4.69) is 16.0 Å². The first-order chi connectivity index (χ1) is 15.8. The van der Waals surface area contributed by atoms with Crippen LogP contribution < -0.4 is 16.0 Å². The molecule has 5 nitrogen and oxygen atoms in total. The summed E-state index contributed by atoms with van der Waals surface area (Å²) in [5, 5.41) is 7.43. The Morgan fingerprint density at radius 2 is 1.62 bits per heavy atom. The van der Waals surface area contributed by atoms with Gasteiger partial charge in [-0.05, 0) is 62.1 Å². The Bertz CT molecular complexity index is 1040. The van der Waals surface area contributed by atoms with Gasteiger partial charge in [-0.2, -0.15) is 26.3 Å². The van der Waals surface area contributed by atoms with Crippen LogP contribution in [0.2, 0.25) is 0 Å². The number of carbonyl (C=O) groups excluding carboxylic acids is 1. The number of nitrogens with zero attached hydrogens (tertiary/aromatic N) is 1. The van der Waals surface area contributed by atoms with Gasteiger partial charge in [0.05, 0.1) is 23.7 Å². The van der Waals surface area contributed by atoms with E-state index in [1.165, 1.54) is 0 Å². The highest BCUT2D eigenvalue weighted by atomic mass is 32.1. The van der Waals surface area contributed by atoms with Gasteiger partial charge >= 0.3 is 12.4 Å². The number of likely N-dealkylation sites (N-methyl/N-ethyl adjacent to an activating group) is 1. The van der Waals surface area contributed by atoms with E-state index < -0.39 is 35.1 Å². The first kappa shape index (κ1) is 25.8. The molecule has 1 aliphatic carbocycles. The van der Waals surface area contributed by atoms with Gasteiger partial charge in [0.15, 0.2) is 5.11 Å². The van der Waals surface area contributed by atoms with Crippen molar-refractivity contribution in [2.24, 2.45) is 0 Å². The normalized spacial score (nSPS) is 17.9. The van der Waals surface area contributed by atoms with Gasteiger partial charge in [0.25, 0.3) is 0 Å². The molecule has 184 valence electrons. The van der Waals surface area contributed by atoms with Crippen LogP contribution in [0.4, 0.5) is 32.0 Å². The Morgan fingerprint density at radius 3 is 2.18 bits per heavy atom. The average molecular weight is 505 g/mol. The maximum atomic E-state index is 13.0. The van der Waals surface area contributed by atoms with Crippen LogP contribution in [0.15, 0.2) is 42.5 Å². The summed E-state index contributed by atoms with van der Waals surface area (Å²) in [7, 11) is 3.80. The van der Waals surface area contributed by atoms with Crippen molar-refractivity contribution in [3.05, 3.63) is 64.7 Å². The zero-order valence-electron chi connectivity index (χ0n) is 18.1. The Kier molecular flexibility index (Phi) is 7.41. The van der Waals surface area contributed by atoms with Crippen LogP contribution in [-0.2, 0) is 23.6 Å². The van der Waals surface area contributed by atoms with Gasteiger partial charge in [-0.15, -0.1) is 0 Å². The highest BCUT2D eigenvalue weighted by molar-refractivity contribution is 7.80. The number of anilines is 1. The standard InChI is InChI=1S/C22H22F6N4OS/c1-32(2)17-7-12-5-3-4-6-16(12)19(17)31-18(33)11-29-20(34)30-15-9-13(21(23,24)25)8-14(10-15)22(26,27)28/h3-6,8-10,17,19H,7,11H2,1-2H3,(H,31,33)(H2,29,30,34)/t17-,19-/m0/s1. The Labute approximate surface area is 197 Å². The van der Waals surface area contributed by atoms with Crippen molar-refractivity contribution in [2.75, 3.05) is 26.0 Å². The number of halogens is 6. The molecule has 34 heavy (non-hydrogen) atoms. The van der Waals surface area contributed by atoms with Gasteiger partial charge < -0.3 is 20.9 Å². The largest absolute Gasteiger partial charge is 0.416 e. The van der Waals surface area contributed by atoms with Crippen molar-refractivity contribution in [2.45, 2.75) is 30.9 Å². The molecule has 0 bridgehead atoms. The lowest BCUT2D eigenvalue weighted by Gasteiger charge is -2.27. The maximum absolute atomic E-state index is 13.0. The molecule has 2 aromatic carbocycles. The molecule has 0 aromatic heterocycles. The maximum Gasteiger partial charge on any atom is 0.416 e. The highest BCUT2D eigenvalue weighted by Gasteiger charge is 2.37. The van der Waals surface area contributed by atoms with Crippen molar-refractivity contribution >= 4 is 28.9 Å². The van der Waals surface area contributed by atoms with E-state index in [0.717, 1.165) is 17.5 Å². The summed E-state index contributed by atoms with van der Waals surface area (Å²) in [6, 6.07) is 8.50. The van der Waals surface area contributed by atoms with Crippen molar-refractivity contribution in [1.29, 1.82) is 0 Å². The lowest BCUT2D eigenvalue weighted by Crippen LogP contribution is -2.45. The lowest BCUT2D eigenvalue weighted by atomic mass is 10.1. The number of nitrogens with one attached hydrogen (secondary N) is 3. The average Bonchev–Trinajstić information content (AvgIpc) is 3.09. The van der Waals surface area contributed by atoms with Crippen LogP contribution in [0.5, 0.6) is 0 Å². The number of amides is 1. The SMILES string of the molecule is CN(C)[C@H]1Cc2ccccc2[C@@H]1NC(=O)CNC(=S)Nc1cc(C(F)(F)F)cc(C(F)(F)F)c1. The van der Waals surface area contributed by atoms with Crippen molar-refractivity contribution < 1.29 is 31.1 Å². The fourth-order valence-corrected chi connectivity index (χ4v) is 4.01. The molecule has 3 N–H and O–H groups in total. The summed E-state index contributed by atoms with van der Waals surface area (Å²) < 4.78 is 78.1. The number of alkyl halides is 6. The summed E-state index contributed by atoms with van der Waals surface area (Å²) >= 11 is 4.97. The van der Waals surface area contributed by atoms with Gasteiger partial charge in [-0.25, -0.2) is 0 Å². The van der Waals surface area contributed by atoms with E-state index in [-0.39, 0.29) is 29.8 Å². The van der Waals surface area contributed by atoms with Gasteiger partial charge in [0.1, 0.15) is 0 Å². The molecule has 0 heterocycles. The molecule has 12 heteroatoms. The van der Waals surface area contributed by atoms with Crippen LogP contribution in [-0.4, -0.2) is 42.6 Å². The van der Waals surface area contributed by atoms with Crippen molar-refractivity contribution in [1.82, 2.24) is 15.5 Å².